The van der Waals surface area contributed by atoms with Crippen LogP contribution < -0.4 is 5.32 Å². The molecule has 1 unspecified atom stereocenters. The van der Waals surface area contributed by atoms with Crippen LogP contribution in [0.2, 0.25) is 0 Å². The molecule has 1 aliphatic heterocycles. The zero-order valence-electron chi connectivity index (χ0n) is 11.1. The molecule has 2 fully saturated rings. The summed E-state index contributed by atoms with van der Waals surface area (Å²) in [5.74, 6) is 0. The van der Waals surface area contributed by atoms with Gasteiger partial charge in [0, 0.05) is 42.9 Å². The molecular weight excluding hydrogens is 256 g/mol. The molecule has 1 saturated carbocycles. The SMILES string of the molecule is c1cn2cc(CN3CCCC3CNC3CC3)nc2s1. The van der Waals surface area contributed by atoms with Crippen LogP contribution in [0.15, 0.2) is 17.8 Å². The number of imidazole rings is 1. The maximum atomic E-state index is 4.70. The highest BCUT2D eigenvalue weighted by Crippen LogP contribution is 2.23. The van der Waals surface area contributed by atoms with Crippen LogP contribution in [-0.4, -0.2) is 39.5 Å². The van der Waals surface area contributed by atoms with Crippen molar-refractivity contribution in [3.8, 4) is 0 Å². The maximum absolute atomic E-state index is 4.70. The molecule has 102 valence electrons. The summed E-state index contributed by atoms with van der Waals surface area (Å²) in [4.78, 5) is 8.41. The van der Waals surface area contributed by atoms with Gasteiger partial charge in [-0.15, -0.1) is 11.3 Å². The highest BCUT2D eigenvalue weighted by Gasteiger charge is 2.28. The molecule has 4 rings (SSSR count). The lowest BCUT2D eigenvalue weighted by molar-refractivity contribution is 0.236. The number of likely N-dealkylation sites (tertiary alicyclic amines) is 1. The van der Waals surface area contributed by atoms with Gasteiger partial charge >= 0.3 is 0 Å². The van der Waals surface area contributed by atoms with Gasteiger partial charge in [0.2, 0.25) is 0 Å². The van der Waals surface area contributed by atoms with Gasteiger partial charge in [0.15, 0.2) is 4.96 Å². The molecule has 19 heavy (non-hydrogen) atoms. The molecule has 2 aliphatic rings. The van der Waals surface area contributed by atoms with Crippen LogP contribution >= 0.6 is 11.3 Å². The summed E-state index contributed by atoms with van der Waals surface area (Å²) in [6.07, 6.45) is 9.69. The number of nitrogens with zero attached hydrogens (tertiary/aromatic N) is 3. The van der Waals surface area contributed by atoms with Crippen molar-refractivity contribution in [1.82, 2.24) is 19.6 Å². The Morgan fingerprint density at radius 3 is 3.16 bits per heavy atom. The zero-order valence-corrected chi connectivity index (χ0v) is 11.9. The van der Waals surface area contributed by atoms with Crippen LogP contribution in [0, 0.1) is 0 Å². The molecule has 0 amide bonds. The summed E-state index contributed by atoms with van der Waals surface area (Å²) in [6.45, 7) is 3.39. The minimum absolute atomic E-state index is 0.709. The molecule has 0 spiro atoms. The standard InChI is InChI=1S/C14H20N4S/c1-2-13(8-15-11-3-4-11)17(5-1)9-12-10-18-6-7-19-14(18)16-12/h6-7,10-11,13,15H,1-5,8-9H2. The van der Waals surface area contributed by atoms with Crippen molar-refractivity contribution in [2.24, 2.45) is 0 Å². The smallest absolute Gasteiger partial charge is 0.193 e. The summed E-state index contributed by atoms with van der Waals surface area (Å²) >= 11 is 1.71. The summed E-state index contributed by atoms with van der Waals surface area (Å²) in [6, 6.07) is 1.53. The number of fused-ring (bicyclic) bond motifs is 1. The number of aromatic nitrogens is 2. The number of hydrogen-bond donors (Lipinski definition) is 1. The second kappa shape index (κ2) is 4.89. The van der Waals surface area contributed by atoms with E-state index in [1.54, 1.807) is 11.3 Å². The molecule has 0 radical (unpaired) electrons. The van der Waals surface area contributed by atoms with Gasteiger partial charge in [0.05, 0.1) is 5.69 Å². The van der Waals surface area contributed by atoms with E-state index in [2.05, 4.69) is 32.4 Å². The van der Waals surface area contributed by atoms with Crippen LogP contribution in [0.5, 0.6) is 0 Å². The first-order valence-corrected chi connectivity index (χ1v) is 8.15. The Morgan fingerprint density at radius 1 is 1.37 bits per heavy atom. The molecule has 1 aliphatic carbocycles. The number of hydrogen-bond acceptors (Lipinski definition) is 4. The lowest BCUT2D eigenvalue weighted by Gasteiger charge is -2.23. The number of thiazole rings is 1. The molecule has 5 heteroatoms. The molecule has 1 N–H and O–H groups in total. The Bertz CT molecular complexity index is 528. The van der Waals surface area contributed by atoms with Crippen molar-refractivity contribution in [2.45, 2.75) is 44.3 Å². The van der Waals surface area contributed by atoms with Crippen LogP contribution in [0.3, 0.4) is 0 Å². The van der Waals surface area contributed by atoms with Gasteiger partial charge in [0.25, 0.3) is 0 Å². The molecule has 4 nitrogen and oxygen atoms in total. The molecule has 1 saturated heterocycles. The van der Waals surface area contributed by atoms with Gasteiger partial charge in [0.1, 0.15) is 0 Å². The fourth-order valence-corrected chi connectivity index (χ4v) is 3.70. The normalized spacial score (nSPS) is 24.5. The van der Waals surface area contributed by atoms with Crippen molar-refractivity contribution >= 4 is 16.3 Å². The van der Waals surface area contributed by atoms with Gasteiger partial charge in [-0.1, -0.05) is 0 Å². The topological polar surface area (TPSA) is 32.6 Å². The minimum Gasteiger partial charge on any atom is -0.312 e. The monoisotopic (exact) mass is 276 g/mol. The van der Waals surface area contributed by atoms with Crippen molar-refractivity contribution in [2.75, 3.05) is 13.1 Å². The average Bonchev–Trinajstić information content (AvgIpc) is 2.80. The molecular formula is C14H20N4S. The van der Waals surface area contributed by atoms with E-state index in [0.717, 1.165) is 24.1 Å². The molecule has 0 aromatic carbocycles. The average molecular weight is 276 g/mol. The van der Waals surface area contributed by atoms with Crippen molar-refractivity contribution in [3.63, 3.8) is 0 Å². The first-order chi connectivity index (χ1) is 9.38. The van der Waals surface area contributed by atoms with E-state index in [-0.39, 0.29) is 0 Å². The molecule has 2 aromatic rings. The van der Waals surface area contributed by atoms with Gasteiger partial charge in [-0.25, -0.2) is 4.98 Å². The zero-order chi connectivity index (χ0) is 12.7. The van der Waals surface area contributed by atoms with E-state index in [4.69, 9.17) is 4.98 Å². The Kier molecular flexibility index (Phi) is 3.06. The highest BCUT2D eigenvalue weighted by molar-refractivity contribution is 7.15. The quantitative estimate of drug-likeness (QED) is 0.908. The van der Waals surface area contributed by atoms with Gasteiger partial charge in [-0.05, 0) is 32.2 Å². The van der Waals surface area contributed by atoms with E-state index < -0.39 is 0 Å². The predicted octanol–water partition coefficient (Wildman–Crippen LogP) is 2.11. The maximum Gasteiger partial charge on any atom is 0.193 e. The fraction of sp³-hybridized carbons (Fsp3) is 0.643. The summed E-state index contributed by atoms with van der Waals surface area (Å²) in [7, 11) is 0. The first-order valence-electron chi connectivity index (χ1n) is 7.27. The second-order valence-corrected chi connectivity index (χ2v) is 6.65. The Balaban J connectivity index is 1.40. The van der Waals surface area contributed by atoms with Crippen LogP contribution in [-0.2, 0) is 6.54 Å². The Labute approximate surface area is 117 Å². The summed E-state index contributed by atoms with van der Waals surface area (Å²) < 4.78 is 2.13. The molecule has 0 bridgehead atoms. The number of nitrogens with one attached hydrogen (secondary N) is 1. The molecule has 1 atom stereocenters. The van der Waals surface area contributed by atoms with Crippen molar-refractivity contribution < 1.29 is 0 Å². The van der Waals surface area contributed by atoms with E-state index >= 15 is 0 Å². The van der Waals surface area contributed by atoms with Crippen molar-refractivity contribution in [1.29, 1.82) is 0 Å². The lowest BCUT2D eigenvalue weighted by Crippen LogP contribution is -2.38. The van der Waals surface area contributed by atoms with Gasteiger partial charge in [-0.3, -0.25) is 9.30 Å². The summed E-state index contributed by atoms with van der Waals surface area (Å²) in [5, 5.41) is 5.76. The third kappa shape index (κ3) is 2.55. The van der Waals surface area contributed by atoms with E-state index in [1.165, 1.54) is 37.9 Å². The lowest BCUT2D eigenvalue weighted by atomic mass is 10.2. The number of rotatable bonds is 5. The summed E-state index contributed by atoms with van der Waals surface area (Å²) in [5.41, 5.74) is 1.21. The van der Waals surface area contributed by atoms with E-state index in [1.807, 2.05) is 0 Å². The van der Waals surface area contributed by atoms with Gasteiger partial charge < -0.3 is 5.32 Å². The highest BCUT2D eigenvalue weighted by atomic mass is 32.1. The Morgan fingerprint density at radius 2 is 2.32 bits per heavy atom. The first kappa shape index (κ1) is 11.9. The Hall–Kier alpha value is -0.910. The fourth-order valence-electron chi connectivity index (χ4n) is 2.98. The third-order valence-electron chi connectivity index (χ3n) is 4.23. The van der Waals surface area contributed by atoms with Crippen LogP contribution in [0.1, 0.15) is 31.4 Å². The van der Waals surface area contributed by atoms with E-state index in [0.29, 0.717) is 6.04 Å². The van der Waals surface area contributed by atoms with Crippen LogP contribution in [0.4, 0.5) is 0 Å². The minimum atomic E-state index is 0.709. The predicted molar refractivity (Wildman–Crippen MR) is 77.5 cm³/mol. The second-order valence-electron chi connectivity index (χ2n) is 5.77. The van der Waals surface area contributed by atoms with Gasteiger partial charge in [-0.2, -0.15) is 0 Å². The molecule has 2 aromatic heterocycles. The third-order valence-corrected chi connectivity index (χ3v) is 5.00. The largest absolute Gasteiger partial charge is 0.312 e. The van der Waals surface area contributed by atoms with Crippen molar-refractivity contribution in [3.05, 3.63) is 23.5 Å². The van der Waals surface area contributed by atoms with Crippen LogP contribution in [0.25, 0.3) is 4.96 Å². The van der Waals surface area contributed by atoms with E-state index in [9.17, 15) is 0 Å². The molecule has 3 heterocycles.